The summed E-state index contributed by atoms with van der Waals surface area (Å²) in [6.07, 6.45) is 12.7. The highest BCUT2D eigenvalue weighted by Crippen LogP contribution is 2.38. The SMILES string of the molecule is CCC1CCCC(C(NN)C2CCCC2)C1. The van der Waals surface area contributed by atoms with Crippen LogP contribution in [0.1, 0.15) is 64.7 Å². The molecule has 0 spiro atoms. The first kappa shape index (κ1) is 12.4. The van der Waals surface area contributed by atoms with Crippen molar-refractivity contribution in [2.75, 3.05) is 0 Å². The van der Waals surface area contributed by atoms with Crippen molar-refractivity contribution in [3.05, 3.63) is 0 Å². The van der Waals surface area contributed by atoms with E-state index in [1.54, 1.807) is 0 Å². The number of hydrogen-bond acceptors (Lipinski definition) is 2. The van der Waals surface area contributed by atoms with Crippen LogP contribution in [0.15, 0.2) is 0 Å². The van der Waals surface area contributed by atoms with Gasteiger partial charge in [0.05, 0.1) is 0 Å². The normalized spacial score (nSPS) is 34.1. The Hall–Kier alpha value is -0.0800. The summed E-state index contributed by atoms with van der Waals surface area (Å²) in [5.41, 5.74) is 3.16. The highest BCUT2D eigenvalue weighted by atomic mass is 15.2. The first-order chi connectivity index (χ1) is 7.85. The van der Waals surface area contributed by atoms with Crippen molar-refractivity contribution in [3.63, 3.8) is 0 Å². The first-order valence-electron chi connectivity index (χ1n) is 7.31. The number of hydrogen-bond donors (Lipinski definition) is 2. The molecule has 2 nitrogen and oxygen atoms in total. The maximum Gasteiger partial charge on any atom is 0.0267 e. The second kappa shape index (κ2) is 6.02. The van der Waals surface area contributed by atoms with Crippen molar-refractivity contribution in [1.82, 2.24) is 5.43 Å². The summed E-state index contributed by atoms with van der Waals surface area (Å²) in [7, 11) is 0. The molecule has 0 heterocycles. The third-order valence-electron chi connectivity index (χ3n) is 5.01. The molecule has 0 aromatic rings. The molecule has 2 aliphatic rings. The van der Waals surface area contributed by atoms with Crippen LogP contribution in [-0.2, 0) is 0 Å². The fourth-order valence-corrected chi connectivity index (χ4v) is 4.00. The van der Waals surface area contributed by atoms with Crippen LogP contribution in [0.4, 0.5) is 0 Å². The Morgan fingerprint density at radius 1 is 1.06 bits per heavy atom. The van der Waals surface area contributed by atoms with E-state index in [1.165, 1.54) is 57.8 Å². The largest absolute Gasteiger partial charge is 0.271 e. The fourth-order valence-electron chi connectivity index (χ4n) is 4.00. The minimum absolute atomic E-state index is 0.608. The van der Waals surface area contributed by atoms with Gasteiger partial charge in [0.25, 0.3) is 0 Å². The summed E-state index contributed by atoms with van der Waals surface area (Å²) in [5, 5.41) is 0. The average molecular weight is 224 g/mol. The van der Waals surface area contributed by atoms with Gasteiger partial charge in [-0.2, -0.15) is 0 Å². The third kappa shape index (κ3) is 2.78. The zero-order chi connectivity index (χ0) is 11.4. The monoisotopic (exact) mass is 224 g/mol. The molecule has 0 saturated heterocycles. The quantitative estimate of drug-likeness (QED) is 0.568. The topological polar surface area (TPSA) is 38.0 Å². The van der Waals surface area contributed by atoms with Gasteiger partial charge in [-0.05, 0) is 43.4 Å². The van der Waals surface area contributed by atoms with E-state index in [2.05, 4.69) is 12.3 Å². The molecule has 3 N–H and O–H groups in total. The van der Waals surface area contributed by atoms with Crippen molar-refractivity contribution in [2.45, 2.75) is 70.8 Å². The lowest BCUT2D eigenvalue weighted by Gasteiger charge is -2.37. The van der Waals surface area contributed by atoms with E-state index in [9.17, 15) is 0 Å². The lowest BCUT2D eigenvalue weighted by Crippen LogP contribution is -2.46. The van der Waals surface area contributed by atoms with Gasteiger partial charge in [0.15, 0.2) is 0 Å². The number of nitrogens with two attached hydrogens (primary N) is 1. The van der Waals surface area contributed by atoms with Gasteiger partial charge in [0.1, 0.15) is 0 Å². The molecule has 2 rings (SSSR count). The maximum atomic E-state index is 5.82. The van der Waals surface area contributed by atoms with E-state index in [0.717, 1.165) is 17.8 Å². The highest BCUT2D eigenvalue weighted by molar-refractivity contribution is 4.87. The molecule has 0 aromatic heterocycles. The zero-order valence-electron chi connectivity index (χ0n) is 10.8. The Labute approximate surface area is 100 Å². The maximum absolute atomic E-state index is 5.82. The minimum Gasteiger partial charge on any atom is -0.271 e. The summed E-state index contributed by atoms with van der Waals surface area (Å²) >= 11 is 0. The van der Waals surface area contributed by atoms with Gasteiger partial charge < -0.3 is 0 Å². The predicted molar refractivity (Wildman–Crippen MR) is 68.8 cm³/mol. The van der Waals surface area contributed by atoms with Crippen LogP contribution < -0.4 is 11.3 Å². The van der Waals surface area contributed by atoms with E-state index in [0.29, 0.717) is 6.04 Å². The molecular weight excluding hydrogens is 196 g/mol. The first-order valence-corrected chi connectivity index (χ1v) is 7.31. The fraction of sp³-hybridized carbons (Fsp3) is 1.00. The van der Waals surface area contributed by atoms with Gasteiger partial charge in [-0.3, -0.25) is 11.3 Å². The summed E-state index contributed by atoms with van der Waals surface area (Å²) in [4.78, 5) is 0. The molecule has 0 aromatic carbocycles. The zero-order valence-corrected chi connectivity index (χ0v) is 10.8. The Balaban J connectivity index is 1.91. The van der Waals surface area contributed by atoms with Crippen LogP contribution in [0.25, 0.3) is 0 Å². The molecule has 2 heteroatoms. The molecule has 0 aliphatic heterocycles. The van der Waals surface area contributed by atoms with Crippen molar-refractivity contribution < 1.29 is 0 Å². The summed E-state index contributed by atoms with van der Waals surface area (Å²) < 4.78 is 0. The highest BCUT2D eigenvalue weighted by Gasteiger charge is 2.33. The van der Waals surface area contributed by atoms with Crippen molar-refractivity contribution >= 4 is 0 Å². The second-order valence-electron chi connectivity index (χ2n) is 5.94. The Bertz CT molecular complexity index is 199. The van der Waals surface area contributed by atoms with Gasteiger partial charge in [-0.25, -0.2) is 0 Å². The van der Waals surface area contributed by atoms with Crippen LogP contribution in [0, 0.1) is 17.8 Å². The van der Waals surface area contributed by atoms with Crippen molar-refractivity contribution in [1.29, 1.82) is 0 Å². The van der Waals surface area contributed by atoms with E-state index in [4.69, 9.17) is 5.84 Å². The van der Waals surface area contributed by atoms with Gasteiger partial charge >= 0.3 is 0 Å². The number of hydrazine groups is 1. The van der Waals surface area contributed by atoms with Crippen LogP contribution in [0.2, 0.25) is 0 Å². The second-order valence-corrected chi connectivity index (χ2v) is 5.94. The van der Waals surface area contributed by atoms with E-state index in [-0.39, 0.29) is 0 Å². The Morgan fingerprint density at radius 2 is 1.75 bits per heavy atom. The molecule has 3 atom stereocenters. The van der Waals surface area contributed by atoms with Crippen LogP contribution in [0.3, 0.4) is 0 Å². The molecule has 2 aliphatic carbocycles. The van der Waals surface area contributed by atoms with Gasteiger partial charge in [-0.1, -0.05) is 39.0 Å². The molecule has 0 amide bonds. The van der Waals surface area contributed by atoms with Crippen LogP contribution >= 0.6 is 0 Å². The molecule has 2 saturated carbocycles. The molecule has 0 radical (unpaired) electrons. The van der Waals surface area contributed by atoms with E-state index in [1.807, 2.05) is 0 Å². The molecule has 16 heavy (non-hydrogen) atoms. The minimum atomic E-state index is 0.608. The van der Waals surface area contributed by atoms with Crippen LogP contribution in [-0.4, -0.2) is 6.04 Å². The summed E-state index contributed by atoms with van der Waals surface area (Å²) in [6, 6.07) is 0.608. The lowest BCUT2D eigenvalue weighted by molar-refractivity contribution is 0.169. The van der Waals surface area contributed by atoms with Crippen molar-refractivity contribution in [2.24, 2.45) is 23.6 Å². The third-order valence-corrected chi connectivity index (χ3v) is 5.01. The Kier molecular flexibility index (Phi) is 4.66. The molecule has 3 unspecified atom stereocenters. The Morgan fingerprint density at radius 3 is 2.38 bits per heavy atom. The van der Waals surface area contributed by atoms with E-state index >= 15 is 0 Å². The standard InChI is InChI=1S/C14H28N2/c1-2-11-6-5-9-13(10-11)14(16-15)12-7-3-4-8-12/h11-14,16H,2-10,15H2,1H3. The van der Waals surface area contributed by atoms with Gasteiger partial charge in [-0.15, -0.1) is 0 Å². The average Bonchev–Trinajstić information content (AvgIpc) is 2.84. The van der Waals surface area contributed by atoms with E-state index < -0.39 is 0 Å². The summed E-state index contributed by atoms with van der Waals surface area (Å²) in [6.45, 7) is 2.34. The van der Waals surface area contributed by atoms with Crippen LogP contribution in [0.5, 0.6) is 0 Å². The lowest BCUT2D eigenvalue weighted by atomic mass is 9.73. The molecular formula is C14H28N2. The van der Waals surface area contributed by atoms with Gasteiger partial charge in [0.2, 0.25) is 0 Å². The molecule has 0 bridgehead atoms. The summed E-state index contributed by atoms with van der Waals surface area (Å²) in [5.74, 6) is 8.51. The number of nitrogens with one attached hydrogen (secondary N) is 1. The predicted octanol–water partition coefficient (Wildman–Crippen LogP) is 3.22. The van der Waals surface area contributed by atoms with Crippen molar-refractivity contribution in [3.8, 4) is 0 Å². The number of rotatable bonds is 4. The van der Waals surface area contributed by atoms with Gasteiger partial charge in [0, 0.05) is 6.04 Å². The molecule has 2 fully saturated rings. The molecule has 94 valence electrons. The smallest absolute Gasteiger partial charge is 0.0267 e.